The van der Waals surface area contributed by atoms with Crippen LogP contribution >= 0.6 is 11.3 Å². The summed E-state index contributed by atoms with van der Waals surface area (Å²) in [5, 5.41) is 6.48. The van der Waals surface area contributed by atoms with E-state index in [1.165, 1.54) is 22.5 Å². The standard InChI is InChI=1S/C21H31N5OS/c1-16-4-6-18(7-5-16)12-19-14-23-21(28-19)24-20(27)22-13-17(2)15-26-10-8-25(3)9-11-26/h4-7,14,17H,8-13,15H2,1-3H3,(H2,22,23,24,27)/t17-/m1/s1. The molecule has 1 aromatic carbocycles. The second kappa shape index (κ2) is 10.0. The molecule has 1 fully saturated rings. The summed E-state index contributed by atoms with van der Waals surface area (Å²) in [7, 11) is 2.16. The summed E-state index contributed by atoms with van der Waals surface area (Å²) >= 11 is 1.53. The molecule has 0 saturated carbocycles. The van der Waals surface area contributed by atoms with E-state index < -0.39 is 0 Å². The molecule has 2 heterocycles. The number of carbonyl (C=O) groups is 1. The SMILES string of the molecule is Cc1ccc(Cc2cnc(NC(=O)NC[C@@H](C)CN3CCN(C)CC3)s2)cc1. The van der Waals surface area contributed by atoms with E-state index in [-0.39, 0.29) is 6.03 Å². The third kappa shape index (κ3) is 6.58. The summed E-state index contributed by atoms with van der Waals surface area (Å²) in [5.74, 6) is 0.419. The maximum Gasteiger partial charge on any atom is 0.321 e. The summed E-state index contributed by atoms with van der Waals surface area (Å²) < 4.78 is 0. The molecule has 28 heavy (non-hydrogen) atoms. The topological polar surface area (TPSA) is 60.5 Å². The first kappa shape index (κ1) is 20.8. The Bertz CT molecular complexity index is 752. The van der Waals surface area contributed by atoms with Crippen molar-refractivity contribution >= 4 is 22.5 Å². The van der Waals surface area contributed by atoms with Gasteiger partial charge in [-0.1, -0.05) is 36.8 Å². The average Bonchev–Trinajstić information content (AvgIpc) is 3.10. The van der Waals surface area contributed by atoms with E-state index in [0.29, 0.717) is 17.6 Å². The van der Waals surface area contributed by atoms with E-state index in [9.17, 15) is 4.79 Å². The van der Waals surface area contributed by atoms with Gasteiger partial charge < -0.3 is 15.1 Å². The number of thiazole rings is 1. The molecule has 6 nitrogen and oxygen atoms in total. The van der Waals surface area contributed by atoms with Gasteiger partial charge in [0.2, 0.25) is 0 Å². The number of benzene rings is 1. The van der Waals surface area contributed by atoms with Gasteiger partial charge in [0.05, 0.1) is 0 Å². The van der Waals surface area contributed by atoms with Crippen LogP contribution in [0.5, 0.6) is 0 Å². The van der Waals surface area contributed by atoms with Crippen molar-refractivity contribution in [3.63, 3.8) is 0 Å². The van der Waals surface area contributed by atoms with Gasteiger partial charge in [0.25, 0.3) is 0 Å². The summed E-state index contributed by atoms with van der Waals surface area (Å²) in [4.78, 5) is 22.5. The number of aryl methyl sites for hydroxylation is 1. The molecule has 1 aliphatic heterocycles. The first-order chi connectivity index (χ1) is 13.5. The third-order valence-electron chi connectivity index (χ3n) is 5.05. The second-order valence-corrected chi connectivity index (χ2v) is 8.95. The van der Waals surface area contributed by atoms with Crippen molar-refractivity contribution in [1.82, 2.24) is 20.1 Å². The van der Waals surface area contributed by atoms with E-state index in [1.54, 1.807) is 0 Å². The molecule has 2 aromatic rings. The monoisotopic (exact) mass is 401 g/mol. The first-order valence-electron chi connectivity index (χ1n) is 9.94. The molecule has 1 atom stereocenters. The highest BCUT2D eigenvalue weighted by molar-refractivity contribution is 7.15. The van der Waals surface area contributed by atoms with Crippen molar-refractivity contribution in [2.24, 2.45) is 5.92 Å². The van der Waals surface area contributed by atoms with Crippen LogP contribution < -0.4 is 10.6 Å². The third-order valence-corrected chi connectivity index (χ3v) is 5.96. The van der Waals surface area contributed by atoms with E-state index in [2.05, 4.69) is 70.6 Å². The number of hydrogen-bond donors (Lipinski definition) is 2. The molecule has 2 amide bonds. The fourth-order valence-electron chi connectivity index (χ4n) is 3.30. The van der Waals surface area contributed by atoms with Crippen LogP contribution in [0.1, 0.15) is 22.9 Å². The number of hydrogen-bond acceptors (Lipinski definition) is 5. The number of piperazine rings is 1. The summed E-state index contributed by atoms with van der Waals surface area (Å²) in [6.45, 7) is 10.4. The average molecular weight is 402 g/mol. The number of amides is 2. The second-order valence-electron chi connectivity index (χ2n) is 7.84. The van der Waals surface area contributed by atoms with Crippen molar-refractivity contribution in [2.75, 3.05) is 51.6 Å². The van der Waals surface area contributed by atoms with Crippen LogP contribution in [-0.2, 0) is 6.42 Å². The molecule has 3 rings (SSSR count). The van der Waals surface area contributed by atoms with Crippen LogP contribution in [0.15, 0.2) is 30.5 Å². The Morgan fingerprint density at radius 1 is 1.21 bits per heavy atom. The molecule has 1 saturated heterocycles. The van der Waals surface area contributed by atoms with Crippen molar-refractivity contribution in [3.8, 4) is 0 Å². The van der Waals surface area contributed by atoms with Gasteiger partial charge in [-0.05, 0) is 25.5 Å². The Kier molecular flexibility index (Phi) is 7.42. The van der Waals surface area contributed by atoms with Crippen molar-refractivity contribution in [3.05, 3.63) is 46.5 Å². The summed E-state index contributed by atoms with van der Waals surface area (Å²) in [6.07, 6.45) is 2.68. The molecule has 0 unspecified atom stereocenters. The Labute approximate surface area is 172 Å². The highest BCUT2D eigenvalue weighted by atomic mass is 32.1. The molecular weight excluding hydrogens is 370 g/mol. The van der Waals surface area contributed by atoms with E-state index in [4.69, 9.17) is 0 Å². The lowest BCUT2D eigenvalue weighted by molar-refractivity contribution is 0.138. The number of rotatable bonds is 7. The molecule has 0 radical (unpaired) electrons. The van der Waals surface area contributed by atoms with Crippen molar-refractivity contribution < 1.29 is 4.79 Å². The number of anilines is 1. The molecule has 7 heteroatoms. The normalized spacial score (nSPS) is 16.7. The van der Waals surface area contributed by atoms with Gasteiger partial charge in [-0.3, -0.25) is 5.32 Å². The number of aromatic nitrogens is 1. The molecule has 1 aromatic heterocycles. The summed E-state index contributed by atoms with van der Waals surface area (Å²) in [6, 6.07) is 8.33. The van der Waals surface area contributed by atoms with Gasteiger partial charge in [0, 0.05) is 56.8 Å². The van der Waals surface area contributed by atoms with Gasteiger partial charge in [-0.15, -0.1) is 11.3 Å². The highest BCUT2D eigenvalue weighted by Gasteiger charge is 2.16. The lowest BCUT2D eigenvalue weighted by atomic mass is 10.1. The van der Waals surface area contributed by atoms with E-state index >= 15 is 0 Å². The fourth-order valence-corrected chi connectivity index (χ4v) is 4.14. The van der Waals surface area contributed by atoms with Gasteiger partial charge in [0.1, 0.15) is 0 Å². The molecule has 0 bridgehead atoms. The van der Waals surface area contributed by atoms with Crippen LogP contribution in [0.25, 0.3) is 0 Å². The van der Waals surface area contributed by atoms with Crippen molar-refractivity contribution in [2.45, 2.75) is 20.3 Å². The Hall–Kier alpha value is -1.96. The molecule has 0 spiro atoms. The number of urea groups is 1. The van der Waals surface area contributed by atoms with Gasteiger partial charge in [-0.2, -0.15) is 0 Å². The Balaban J connectivity index is 1.38. The minimum atomic E-state index is -0.179. The summed E-state index contributed by atoms with van der Waals surface area (Å²) in [5.41, 5.74) is 2.51. The Morgan fingerprint density at radius 3 is 2.64 bits per heavy atom. The molecular formula is C21H31N5OS. The first-order valence-corrected chi connectivity index (χ1v) is 10.8. The largest absolute Gasteiger partial charge is 0.337 e. The van der Waals surface area contributed by atoms with Gasteiger partial charge in [0.15, 0.2) is 5.13 Å². The number of carbonyl (C=O) groups excluding carboxylic acids is 1. The molecule has 152 valence electrons. The zero-order valence-corrected chi connectivity index (χ0v) is 17.9. The van der Waals surface area contributed by atoms with E-state index in [0.717, 1.165) is 44.0 Å². The van der Waals surface area contributed by atoms with Crippen LogP contribution in [0.2, 0.25) is 0 Å². The minimum absolute atomic E-state index is 0.179. The van der Waals surface area contributed by atoms with Crippen molar-refractivity contribution in [1.29, 1.82) is 0 Å². The van der Waals surface area contributed by atoms with Crippen LogP contribution in [0, 0.1) is 12.8 Å². The number of nitrogens with zero attached hydrogens (tertiary/aromatic N) is 3. The quantitative estimate of drug-likeness (QED) is 0.749. The lowest BCUT2D eigenvalue weighted by Crippen LogP contribution is -2.47. The molecule has 0 aliphatic carbocycles. The lowest BCUT2D eigenvalue weighted by Gasteiger charge is -2.33. The smallest absolute Gasteiger partial charge is 0.321 e. The number of likely N-dealkylation sites (N-methyl/N-ethyl adjacent to an activating group) is 1. The minimum Gasteiger partial charge on any atom is -0.337 e. The van der Waals surface area contributed by atoms with Crippen LogP contribution in [-0.4, -0.2) is 67.1 Å². The van der Waals surface area contributed by atoms with E-state index in [1.807, 2.05) is 6.20 Å². The maximum absolute atomic E-state index is 12.2. The predicted octanol–water partition coefficient (Wildman–Crippen LogP) is 3.05. The zero-order chi connectivity index (χ0) is 19.9. The molecule has 2 N–H and O–H groups in total. The fraction of sp³-hybridized carbons (Fsp3) is 0.524. The maximum atomic E-state index is 12.2. The highest BCUT2D eigenvalue weighted by Crippen LogP contribution is 2.21. The van der Waals surface area contributed by atoms with Crippen LogP contribution in [0.3, 0.4) is 0 Å². The van der Waals surface area contributed by atoms with Crippen LogP contribution in [0.4, 0.5) is 9.93 Å². The number of nitrogens with one attached hydrogen (secondary N) is 2. The molecule has 1 aliphatic rings. The van der Waals surface area contributed by atoms with Gasteiger partial charge in [-0.25, -0.2) is 9.78 Å². The zero-order valence-electron chi connectivity index (χ0n) is 17.1. The Morgan fingerprint density at radius 2 is 1.93 bits per heavy atom. The predicted molar refractivity (Wildman–Crippen MR) is 116 cm³/mol. The van der Waals surface area contributed by atoms with Gasteiger partial charge >= 0.3 is 6.03 Å².